The van der Waals surface area contributed by atoms with Crippen LogP contribution in [0.15, 0.2) is 0 Å². The van der Waals surface area contributed by atoms with E-state index in [9.17, 15) is 18.0 Å². The molecule has 0 aliphatic carbocycles. The van der Waals surface area contributed by atoms with Crippen LogP contribution in [0.2, 0.25) is 0 Å². The van der Waals surface area contributed by atoms with Crippen LogP contribution in [0.4, 0.5) is 0 Å². The predicted octanol–water partition coefficient (Wildman–Crippen LogP) is -1.35. The summed E-state index contributed by atoms with van der Waals surface area (Å²) in [6, 6.07) is 0. The van der Waals surface area contributed by atoms with Crippen molar-refractivity contribution in [2.75, 3.05) is 25.4 Å². The molecule has 0 aromatic carbocycles. The molecule has 1 unspecified atom stereocenters. The number of likely N-dealkylation sites (tertiary alicyclic amines) is 1. The van der Waals surface area contributed by atoms with Gasteiger partial charge in [0.05, 0.1) is 12.3 Å². The van der Waals surface area contributed by atoms with Gasteiger partial charge in [0.2, 0.25) is 21.8 Å². The monoisotopic (exact) mass is 277 g/mol. The van der Waals surface area contributed by atoms with E-state index in [0.717, 1.165) is 6.42 Å². The molecule has 1 fully saturated rings. The highest BCUT2D eigenvalue weighted by Gasteiger charge is 2.32. The van der Waals surface area contributed by atoms with E-state index < -0.39 is 10.0 Å². The smallest absolute Gasteiger partial charge is 0.239 e. The third-order valence-electron chi connectivity index (χ3n) is 2.67. The van der Waals surface area contributed by atoms with E-state index in [0.29, 0.717) is 6.54 Å². The number of carbonyl (C=O) groups is 2. The lowest BCUT2D eigenvalue weighted by molar-refractivity contribution is -0.133. The standard InChI is InChI=1S/C10H19N3O4S/c1-2-3-12-9(14)6-13-5-8(4-10(13)15)7-18(11,16)17/h8H,2-7H2,1H3,(H,12,14)(H2,11,16,17). The SMILES string of the molecule is CCCNC(=O)CN1CC(CS(N)(=O)=O)CC1=O. The maximum atomic E-state index is 11.6. The zero-order valence-corrected chi connectivity index (χ0v) is 11.2. The van der Waals surface area contributed by atoms with E-state index in [1.165, 1.54) is 4.90 Å². The Morgan fingerprint density at radius 1 is 1.56 bits per heavy atom. The number of sulfonamides is 1. The van der Waals surface area contributed by atoms with Crippen LogP contribution in [0.25, 0.3) is 0 Å². The largest absolute Gasteiger partial charge is 0.355 e. The summed E-state index contributed by atoms with van der Waals surface area (Å²) in [4.78, 5) is 24.4. The molecule has 18 heavy (non-hydrogen) atoms. The van der Waals surface area contributed by atoms with Crippen LogP contribution in [0.1, 0.15) is 19.8 Å². The molecule has 0 saturated carbocycles. The molecule has 2 amide bonds. The van der Waals surface area contributed by atoms with Crippen molar-refractivity contribution in [3.63, 3.8) is 0 Å². The van der Waals surface area contributed by atoms with Gasteiger partial charge in [0, 0.05) is 25.4 Å². The summed E-state index contributed by atoms with van der Waals surface area (Å²) in [6.07, 6.45) is 0.964. The molecule has 7 nitrogen and oxygen atoms in total. The number of primary sulfonamides is 1. The number of amides is 2. The normalized spacial score (nSPS) is 20.2. The molecule has 1 aliphatic heterocycles. The molecule has 1 atom stereocenters. The lowest BCUT2D eigenvalue weighted by Gasteiger charge is -2.15. The van der Waals surface area contributed by atoms with E-state index in [1.54, 1.807) is 0 Å². The third-order valence-corrected chi connectivity index (χ3v) is 3.61. The first kappa shape index (κ1) is 14.9. The summed E-state index contributed by atoms with van der Waals surface area (Å²) in [5.74, 6) is -0.950. The van der Waals surface area contributed by atoms with Crippen LogP contribution in [0, 0.1) is 5.92 Å². The second kappa shape index (κ2) is 6.14. The van der Waals surface area contributed by atoms with Crippen molar-refractivity contribution in [1.82, 2.24) is 10.2 Å². The van der Waals surface area contributed by atoms with E-state index >= 15 is 0 Å². The molecule has 8 heteroatoms. The van der Waals surface area contributed by atoms with Gasteiger partial charge >= 0.3 is 0 Å². The van der Waals surface area contributed by atoms with Gasteiger partial charge in [0.15, 0.2) is 0 Å². The van der Waals surface area contributed by atoms with Crippen molar-refractivity contribution in [1.29, 1.82) is 0 Å². The zero-order chi connectivity index (χ0) is 13.8. The van der Waals surface area contributed by atoms with Gasteiger partial charge in [-0.1, -0.05) is 6.92 Å². The highest BCUT2D eigenvalue weighted by molar-refractivity contribution is 7.89. The summed E-state index contributed by atoms with van der Waals surface area (Å²) >= 11 is 0. The summed E-state index contributed by atoms with van der Waals surface area (Å²) < 4.78 is 21.9. The Morgan fingerprint density at radius 2 is 2.22 bits per heavy atom. The fraction of sp³-hybridized carbons (Fsp3) is 0.800. The van der Waals surface area contributed by atoms with Crippen molar-refractivity contribution >= 4 is 21.8 Å². The maximum Gasteiger partial charge on any atom is 0.239 e. The molecule has 0 bridgehead atoms. The minimum Gasteiger partial charge on any atom is -0.355 e. The first-order valence-corrected chi connectivity index (χ1v) is 7.58. The minimum atomic E-state index is -3.58. The summed E-state index contributed by atoms with van der Waals surface area (Å²) in [5.41, 5.74) is 0. The van der Waals surface area contributed by atoms with E-state index in [-0.39, 0.29) is 43.0 Å². The molecule has 1 aliphatic rings. The van der Waals surface area contributed by atoms with Crippen LogP contribution >= 0.6 is 0 Å². The van der Waals surface area contributed by atoms with Gasteiger partial charge in [-0.25, -0.2) is 13.6 Å². The van der Waals surface area contributed by atoms with Crippen molar-refractivity contribution in [3.8, 4) is 0 Å². The summed E-state index contributed by atoms with van der Waals surface area (Å²) in [5, 5.41) is 7.60. The molecule has 1 heterocycles. The van der Waals surface area contributed by atoms with Gasteiger partial charge in [0.25, 0.3) is 0 Å². The number of rotatable bonds is 6. The van der Waals surface area contributed by atoms with Crippen LogP contribution in [0.3, 0.4) is 0 Å². The molecule has 0 aromatic heterocycles. The maximum absolute atomic E-state index is 11.6. The van der Waals surface area contributed by atoms with Crippen LogP contribution < -0.4 is 10.5 Å². The Balaban J connectivity index is 2.45. The molecular formula is C10H19N3O4S. The molecule has 3 N–H and O–H groups in total. The van der Waals surface area contributed by atoms with Crippen molar-refractivity contribution in [2.24, 2.45) is 11.1 Å². The van der Waals surface area contributed by atoms with Crippen LogP contribution in [-0.4, -0.2) is 50.5 Å². The minimum absolute atomic E-state index is 0.0139. The molecular weight excluding hydrogens is 258 g/mol. The topological polar surface area (TPSA) is 110 Å². The van der Waals surface area contributed by atoms with Crippen molar-refractivity contribution in [3.05, 3.63) is 0 Å². The highest BCUT2D eigenvalue weighted by Crippen LogP contribution is 2.18. The van der Waals surface area contributed by atoms with Gasteiger partial charge in [0.1, 0.15) is 0 Å². The van der Waals surface area contributed by atoms with Gasteiger partial charge in [-0.2, -0.15) is 0 Å². The van der Waals surface area contributed by atoms with Gasteiger partial charge in [-0.3, -0.25) is 9.59 Å². The van der Waals surface area contributed by atoms with Crippen LogP contribution in [0.5, 0.6) is 0 Å². The number of hydrogen-bond donors (Lipinski definition) is 2. The third kappa shape index (κ3) is 5.01. The fourth-order valence-electron chi connectivity index (χ4n) is 1.94. The Bertz CT molecular complexity index is 421. The lowest BCUT2D eigenvalue weighted by atomic mass is 10.1. The number of carbonyl (C=O) groups excluding carboxylic acids is 2. The fourth-order valence-corrected chi connectivity index (χ4v) is 2.82. The molecule has 104 valence electrons. The van der Waals surface area contributed by atoms with Crippen molar-refractivity contribution < 1.29 is 18.0 Å². The van der Waals surface area contributed by atoms with Gasteiger partial charge < -0.3 is 10.2 Å². The first-order valence-electron chi connectivity index (χ1n) is 5.86. The molecule has 0 radical (unpaired) electrons. The lowest BCUT2D eigenvalue weighted by Crippen LogP contribution is -2.38. The second-order valence-electron chi connectivity index (χ2n) is 4.52. The molecule has 1 rings (SSSR count). The van der Waals surface area contributed by atoms with E-state index in [2.05, 4.69) is 5.32 Å². The van der Waals surface area contributed by atoms with Crippen LogP contribution in [-0.2, 0) is 19.6 Å². The zero-order valence-electron chi connectivity index (χ0n) is 10.4. The highest BCUT2D eigenvalue weighted by atomic mass is 32.2. The van der Waals surface area contributed by atoms with Crippen molar-refractivity contribution in [2.45, 2.75) is 19.8 Å². The average molecular weight is 277 g/mol. The Morgan fingerprint density at radius 3 is 2.78 bits per heavy atom. The number of nitrogens with one attached hydrogen (secondary N) is 1. The molecule has 0 aromatic rings. The molecule has 0 spiro atoms. The Hall–Kier alpha value is -1.15. The first-order chi connectivity index (χ1) is 8.31. The molecule has 1 saturated heterocycles. The number of hydrogen-bond acceptors (Lipinski definition) is 4. The quantitative estimate of drug-likeness (QED) is 0.625. The Kier molecular flexibility index (Phi) is 5.09. The summed E-state index contributed by atoms with van der Waals surface area (Å²) in [6.45, 7) is 2.76. The second-order valence-corrected chi connectivity index (χ2v) is 6.18. The van der Waals surface area contributed by atoms with E-state index in [1.807, 2.05) is 6.92 Å². The number of nitrogens with zero attached hydrogens (tertiary/aromatic N) is 1. The predicted molar refractivity (Wildman–Crippen MR) is 66.0 cm³/mol. The Labute approximate surface area is 107 Å². The summed E-state index contributed by atoms with van der Waals surface area (Å²) in [7, 11) is -3.58. The average Bonchev–Trinajstić information content (AvgIpc) is 2.53. The van der Waals surface area contributed by atoms with Gasteiger partial charge in [-0.15, -0.1) is 0 Å². The van der Waals surface area contributed by atoms with E-state index in [4.69, 9.17) is 5.14 Å². The van der Waals surface area contributed by atoms with Gasteiger partial charge in [-0.05, 0) is 6.42 Å². The number of nitrogens with two attached hydrogens (primary N) is 1.